The summed E-state index contributed by atoms with van der Waals surface area (Å²) in [5.74, 6) is -0.134. The molecule has 0 radical (unpaired) electrons. The molecule has 1 atom stereocenters. The predicted octanol–water partition coefficient (Wildman–Crippen LogP) is 1.64. The van der Waals surface area contributed by atoms with Gasteiger partial charge < -0.3 is 20.1 Å². The van der Waals surface area contributed by atoms with Crippen LogP contribution in [0.25, 0.3) is 11.0 Å². The van der Waals surface area contributed by atoms with Crippen molar-refractivity contribution in [3.05, 3.63) is 53.6 Å². The zero-order chi connectivity index (χ0) is 21.8. The number of halogens is 1. The van der Waals surface area contributed by atoms with Crippen molar-refractivity contribution in [1.82, 2.24) is 19.9 Å². The topological polar surface area (TPSA) is 113 Å². The summed E-state index contributed by atoms with van der Waals surface area (Å²) < 4.78 is 11.7. The molecule has 2 heterocycles. The van der Waals surface area contributed by atoms with Crippen molar-refractivity contribution in [1.29, 1.82) is 0 Å². The number of rotatable bonds is 7. The van der Waals surface area contributed by atoms with Crippen LogP contribution >= 0.6 is 11.6 Å². The molecule has 2 N–H and O–H groups in total. The Morgan fingerprint density at radius 2 is 1.81 bits per heavy atom. The molecule has 2 amide bonds. The average Bonchev–Trinajstić information content (AvgIpc) is 3.15. The lowest BCUT2D eigenvalue weighted by molar-refractivity contribution is -0.162. The van der Waals surface area contributed by atoms with Crippen LogP contribution in [0, 0.1) is 0 Å². The molecule has 0 spiro atoms. The van der Waals surface area contributed by atoms with Crippen LogP contribution in [0.5, 0.6) is 5.75 Å². The van der Waals surface area contributed by atoms with Crippen molar-refractivity contribution in [3.63, 3.8) is 0 Å². The summed E-state index contributed by atoms with van der Waals surface area (Å²) in [5.41, 5.74) is 5.86. The first-order valence-corrected chi connectivity index (χ1v) is 10.2. The van der Waals surface area contributed by atoms with Crippen LogP contribution in [0.3, 0.4) is 0 Å². The Balaban J connectivity index is 1.46. The number of hydrogen-bond donors (Lipinski definition) is 1. The monoisotopic (exact) mass is 443 g/mol. The summed E-state index contributed by atoms with van der Waals surface area (Å²) in [5, 5.41) is 9.25. The highest BCUT2D eigenvalue weighted by Crippen LogP contribution is 2.25. The van der Waals surface area contributed by atoms with E-state index in [0.717, 1.165) is 11.0 Å². The van der Waals surface area contributed by atoms with E-state index in [1.54, 1.807) is 29.2 Å². The van der Waals surface area contributed by atoms with Crippen LogP contribution in [0.2, 0.25) is 5.02 Å². The molecular formula is C21H22ClN5O4. The molecule has 3 aromatic rings. The maximum atomic E-state index is 12.9. The van der Waals surface area contributed by atoms with Gasteiger partial charge in [-0.15, -0.1) is 0 Å². The Hall–Kier alpha value is -3.17. The number of ether oxygens (including phenoxy) is 2. The Kier molecular flexibility index (Phi) is 6.06. The molecule has 2 aromatic carbocycles. The second kappa shape index (κ2) is 8.91. The highest BCUT2D eigenvalue weighted by molar-refractivity contribution is 6.30. The number of morpholine rings is 1. The smallest absolute Gasteiger partial charge is 0.246 e. The zero-order valence-electron chi connectivity index (χ0n) is 16.7. The van der Waals surface area contributed by atoms with E-state index < -0.39 is 11.5 Å². The Morgan fingerprint density at radius 1 is 1.13 bits per heavy atom. The van der Waals surface area contributed by atoms with E-state index in [9.17, 15) is 9.59 Å². The number of carbonyl (C=O) groups is 2. The Labute approximate surface area is 183 Å². The second-order valence-electron chi connectivity index (χ2n) is 7.45. The van der Waals surface area contributed by atoms with Gasteiger partial charge in [0.2, 0.25) is 11.8 Å². The molecule has 0 saturated carbocycles. The minimum atomic E-state index is -1.04. The molecule has 1 fully saturated rings. The van der Waals surface area contributed by atoms with Crippen molar-refractivity contribution >= 4 is 34.4 Å². The van der Waals surface area contributed by atoms with Gasteiger partial charge >= 0.3 is 0 Å². The first kappa shape index (κ1) is 21.1. The molecule has 1 saturated heterocycles. The Morgan fingerprint density at radius 3 is 2.45 bits per heavy atom. The Bertz CT molecular complexity index is 1050. The third kappa shape index (κ3) is 5.12. The van der Waals surface area contributed by atoms with E-state index in [1.807, 2.05) is 24.3 Å². The van der Waals surface area contributed by atoms with Gasteiger partial charge in [0.15, 0.2) is 0 Å². The lowest BCUT2D eigenvalue weighted by Crippen LogP contribution is -2.58. The molecule has 10 heteroatoms. The lowest BCUT2D eigenvalue weighted by Gasteiger charge is -2.41. The quantitative estimate of drug-likeness (QED) is 0.594. The number of primary amides is 1. The van der Waals surface area contributed by atoms with Gasteiger partial charge in [-0.05, 0) is 36.4 Å². The van der Waals surface area contributed by atoms with Gasteiger partial charge in [-0.2, -0.15) is 15.0 Å². The number of hydrogen-bond acceptors (Lipinski definition) is 6. The zero-order valence-corrected chi connectivity index (χ0v) is 17.5. The van der Waals surface area contributed by atoms with Crippen LogP contribution in [0.15, 0.2) is 48.5 Å². The van der Waals surface area contributed by atoms with Crippen molar-refractivity contribution in [2.24, 2.45) is 5.73 Å². The van der Waals surface area contributed by atoms with E-state index in [2.05, 4.69) is 10.2 Å². The number of carbonyl (C=O) groups excluding carboxylic acids is 2. The summed E-state index contributed by atoms with van der Waals surface area (Å²) >= 11 is 5.91. The molecule has 0 bridgehead atoms. The third-order valence-electron chi connectivity index (χ3n) is 5.02. The molecule has 9 nitrogen and oxygen atoms in total. The van der Waals surface area contributed by atoms with Crippen molar-refractivity contribution in [2.45, 2.75) is 18.6 Å². The van der Waals surface area contributed by atoms with E-state index in [-0.39, 0.29) is 38.6 Å². The van der Waals surface area contributed by atoms with E-state index in [4.69, 9.17) is 26.8 Å². The predicted molar refractivity (Wildman–Crippen MR) is 114 cm³/mol. The van der Waals surface area contributed by atoms with E-state index in [0.29, 0.717) is 17.3 Å². The largest absolute Gasteiger partial charge is 0.490 e. The van der Waals surface area contributed by atoms with Crippen molar-refractivity contribution in [3.8, 4) is 5.75 Å². The molecule has 0 aliphatic carbocycles. The highest BCUT2D eigenvalue weighted by Gasteiger charge is 2.41. The first-order chi connectivity index (χ1) is 14.9. The van der Waals surface area contributed by atoms with Gasteiger partial charge in [0.1, 0.15) is 35.5 Å². The van der Waals surface area contributed by atoms with Crippen LogP contribution < -0.4 is 10.5 Å². The van der Waals surface area contributed by atoms with Crippen LogP contribution in [0.4, 0.5) is 0 Å². The minimum absolute atomic E-state index is 0.0145. The van der Waals surface area contributed by atoms with Gasteiger partial charge in [-0.25, -0.2) is 0 Å². The second-order valence-corrected chi connectivity index (χ2v) is 7.89. The SMILES string of the molecule is NC(=O)C[C@@]1(COc2ccc(Cl)cc2)CN(C(=O)Cn2nc3ccccc3n2)CCO1. The number of aromatic nitrogens is 3. The number of amides is 2. The maximum absolute atomic E-state index is 12.9. The molecule has 162 valence electrons. The van der Waals surface area contributed by atoms with Crippen molar-refractivity contribution in [2.75, 3.05) is 26.3 Å². The van der Waals surface area contributed by atoms with E-state index in [1.165, 1.54) is 4.80 Å². The van der Waals surface area contributed by atoms with Crippen LogP contribution in [0.1, 0.15) is 6.42 Å². The molecule has 1 aliphatic rings. The number of nitrogens with zero attached hydrogens (tertiary/aromatic N) is 4. The summed E-state index contributed by atoms with van der Waals surface area (Å²) in [6.07, 6.45) is -0.0751. The standard InChI is InChI=1S/C21H22ClN5O4/c22-15-5-7-16(8-6-15)30-14-21(11-19(23)28)13-26(9-10-31-21)20(29)12-27-24-17-3-1-2-4-18(17)25-27/h1-8H,9-14H2,(H2,23,28)/t21-/m0/s1. The molecular weight excluding hydrogens is 422 g/mol. The average molecular weight is 444 g/mol. The fourth-order valence-corrected chi connectivity index (χ4v) is 3.69. The minimum Gasteiger partial charge on any atom is -0.490 e. The molecule has 1 aromatic heterocycles. The fraction of sp³-hybridized carbons (Fsp3) is 0.333. The molecule has 0 unspecified atom stereocenters. The molecule has 31 heavy (non-hydrogen) atoms. The van der Waals surface area contributed by atoms with Gasteiger partial charge in [-0.1, -0.05) is 23.7 Å². The third-order valence-corrected chi connectivity index (χ3v) is 5.27. The normalized spacial score (nSPS) is 18.8. The van der Waals surface area contributed by atoms with E-state index >= 15 is 0 Å². The highest BCUT2D eigenvalue weighted by atomic mass is 35.5. The summed E-state index contributed by atoms with van der Waals surface area (Å²) in [6.45, 7) is 0.867. The van der Waals surface area contributed by atoms with Crippen molar-refractivity contribution < 1.29 is 19.1 Å². The lowest BCUT2D eigenvalue weighted by atomic mass is 9.97. The maximum Gasteiger partial charge on any atom is 0.246 e. The molecule has 4 rings (SSSR count). The van der Waals surface area contributed by atoms with Gasteiger partial charge in [0.05, 0.1) is 19.6 Å². The van der Waals surface area contributed by atoms with Gasteiger partial charge in [0.25, 0.3) is 0 Å². The fourth-order valence-electron chi connectivity index (χ4n) is 3.56. The first-order valence-electron chi connectivity index (χ1n) is 9.81. The number of nitrogens with two attached hydrogens (primary N) is 1. The van der Waals surface area contributed by atoms with Crippen LogP contribution in [-0.4, -0.2) is 63.6 Å². The number of benzene rings is 2. The van der Waals surface area contributed by atoms with Gasteiger partial charge in [0, 0.05) is 11.6 Å². The number of fused-ring (bicyclic) bond motifs is 1. The summed E-state index contributed by atoms with van der Waals surface area (Å²) in [7, 11) is 0. The van der Waals surface area contributed by atoms with Gasteiger partial charge in [-0.3, -0.25) is 9.59 Å². The van der Waals surface area contributed by atoms with Crippen LogP contribution in [-0.2, 0) is 20.9 Å². The summed E-state index contributed by atoms with van der Waals surface area (Å²) in [6, 6.07) is 14.3. The molecule has 1 aliphatic heterocycles. The summed E-state index contributed by atoms with van der Waals surface area (Å²) in [4.78, 5) is 27.7.